The maximum Gasteiger partial charge on any atom is 0.0574 e. The van der Waals surface area contributed by atoms with Crippen LogP contribution in [0.5, 0.6) is 0 Å². The minimum absolute atomic E-state index is 0.260. The van der Waals surface area contributed by atoms with Gasteiger partial charge >= 0.3 is 0 Å². The molecule has 1 fully saturated rings. The monoisotopic (exact) mass is 163 g/mol. The minimum atomic E-state index is 0.260. The smallest absolute Gasteiger partial charge is 0.0574 e. The summed E-state index contributed by atoms with van der Waals surface area (Å²) >= 11 is 0. The largest absolute Gasteiger partial charge is 0.384 e. The van der Waals surface area contributed by atoms with Crippen LogP contribution < -0.4 is 0 Å². The van der Waals surface area contributed by atoms with Crippen molar-refractivity contribution in [2.24, 2.45) is 0 Å². The van der Waals surface area contributed by atoms with Gasteiger partial charge in [-0.2, -0.15) is 0 Å². The quantitative estimate of drug-likeness (QED) is 0.677. The molecule has 2 heteroatoms. The fourth-order valence-electron chi connectivity index (χ4n) is 1.58. The summed E-state index contributed by atoms with van der Waals surface area (Å²) in [5.41, 5.74) is 1.45. The van der Waals surface area contributed by atoms with Crippen molar-refractivity contribution < 1.29 is 4.74 Å². The summed E-state index contributed by atoms with van der Waals surface area (Å²) in [6, 6.07) is 6.08. The molecule has 0 N–H and O–H groups in total. The van der Waals surface area contributed by atoms with Crippen LogP contribution in [-0.4, -0.2) is 18.7 Å². The van der Waals surface area contributed by atoms with Gasteiger partial charge in [-0.15, -0.1) is 0 Å². The van der Waals surface area contributed by atoms with Crippen LogP contribution in [0.25, 0.3) is 0 Å². The Morgan fingerprint density at radius 3 is 2.83 bits per heavy atom. The second kappa shape index (κ2) is 2.87. The predicted octanol–water partition coefficient (Wildman–Crippen LogP) is 1.76. The van der Waals surface area contributed by atoms with E-state index in [-0.39, 0.29) is 5.41 Å². The van der Waals surface area contributed by atoms with Crippen LogP contribution in [-0.2, 0) is 10.2 Å². The Labute approximate surface area is 72.6 Å². The van der Waals surface area contributed by atoms with Gasteiger partial charge in [-0.1, -0.05) is 6.07 Å². The molecule has 0 amide bonds. The van der Waals surface area contributed by atoms with Crippen molar-refractivity contribution in [3.8, 4) is 0 Å². The Balaban J connectivity index is 2.19. The van der Waals surface area contributed by atoms with Gasteiger partial charge in [0, 0.05) is 24.4 Å². The summed E-state index contributed by atoms with van der Waals surface area (Å²) in [5, 5.41) is 0. The van der Waals surface area contributed by atoms with E-state index in [4.69, 9.17) is 4.74 Å². The van der Waals surface area contributed by atoms with Gasteiger partial charge in [0.1, 0.15) is 0 Å². The number of ether oxygens (including phenoxy) is 1. The van der Waals surface area contributed by atoms with Crippen molar-refractivity contribution in [3.05, 3.63) is 30.1 Å². The van der Waals surface area contributed by atoms with E-state index in [0.717, 1.165) is 6.61 Å². The molecule has 1 saturated carbocycles. The molecule has 0 saturated heterocycles. The molecule has 0 unspecified atom stereocenters. The topological polar surface area (TPSA) is 22.1 Å². The second-order valence-electron chi connectivity index (χ2n) is 3.43. The molecular weight excluding hydrogens is 150 g/mol. The molecule has 0 atom stereocenters. The van der Waals surface area contributed by atoms with Crippen molar-refractivity contribution in [1.82, 2.24) is 4.98 Å². The van der Waals surface area contributed by atoms with Gasteiger partial charge in [-0.25, -0.2) is 0 Å². The third-order valence-corrected chi connectivity index (χ3v) is 2.48. The molecule has 64 valence electrons. The Bertz CT molecular complexity index is 254. The SMILES string of the molecule is COCC1(c2ccccn2)CC1. The van der Waals surface area contributed by atoms with E-state index in [1.165, 1.54) is 18.5 Å². The molecule has 0 aromatic carbocycles. The maximum absolute atomic E-state index is 5.18. The third kappa shape index (κ3) is 1.23. The number of aromatic nitrogens is 1. The standard InChI is InChI=1S/C10H13NO/c1-12-8-10(5-6-10)9-4-2-3-7-11-9/h2-4,7H,5-6,8H2,1H3. The summed E-state index contributed by atoms with van der Waals surface area (Å²) in [5.74, 6) is 0. The number of hydrogen-bond acceptors (Lipinski definition) is 2. The summed E-state index contributed by atoms with van der Waals surface area (Å²) in [6.45, 7) is 0.810. The van der Waals surface area contributed by atoms with E-state index in [1.807, 2.05) is 18.3 Å². The highest BCUT2D eigenvalue weighted by atomic mass is 16.5. The zero-order chi connectivity index (χ0) is 8.44. The van der Waals surface area contributed by atoms with Crippen molar-refractivity contribution in [2.75, 3.05) is 13.7 Å². The minimum Gasteiger partial charge on any atom is -0.384 e. The first kappa shape index (κ1) is 7.74. The summed E-state index contributed by atoms with van der Waals surface area (Å²) in [7, 11) is 1.75. The van der Waals surface area contributed by atoms with Crippen LogP contribution in [0.15, 0.2) is 24.4 Å². The zero-order valence-corrected chi connectivity index (χ0v) is 7.29. The van der Waals surface area contributed by atoms with Gasteiger partial charge in [0.2, 0.25) is 0 Å². The maximum atomic E-state index is 5.18. The molecule has 1 aromatic heterocycles. The average molecular weight is 163 g/mol. The number of methoxy groups -OCH3 is 1. The highest BCUT2D eigenvalue weighted by Crippen LogP contribution is 2.47. The third-order valence-electron chi connectivity index (χ3n) is 2.48. The highest BCUT2D eigenvalue weighted by molar-refractivity contribution is 5.24. The van der Waals surface area contributed by atoms with Gasteiger partial charge in [-0.3, -0.25) is 4.98 Å². The molecule has 0 spiro atoms. The lowest BCUT2D eigenvalue weighted by molar-refractivity contribution is 0.170. The Morgan fingerprint density at radius 1 is 1.50 bits per heavy atom. The fraction of sp³-hybridized carbons (Fsp3) is 0.500. The Kier molecular flexibility index (Phi) is 1.85. The number of rotatable bonds is 3. The van der Waals surface area contributed by atoms with Crippen molar-refractivity contribution >= 4 is 0 Å². The molecule has 2 rings (SSSR count). The van der Waals surface area contributed by atoms with E-state index in [9.17, 15) is 0 Å². The fourth-order valence-corrected chi connectivity index (χ4v) is 1.58. The Morgan fingerprint density at radius 2 is 2.33 bits per heavy atom. The van der Waals surface area contributed by atoms with Crippen LogP contribution in [0, 0.1) is 0 Å². The molecule has 1 aliphatic rings. The molecule has 0 bridgehead atoms. The van der Waals surface area contributed by atoms with Gasteiger partial charge < -0.3 is 4.74 Å². The highest BCUT2D eigenvalue weighted by Gasteiger charge is 2.45. The summed E-state index contributed by atoms with van der Waals surface area (Å²) < 4.78 is 5.18. The lowest BCUT2D eigenvalue weighted by Crippen LogP contribution is -2.15. The second-order valence-corrected chi connectivity index (χ2v) is 3.43. The molecular formula is C10H13NO. The van der Waals surface area contributed by atoms with E-state index in [0.29, 0.717) is 0 Å². The average Bonchev–Trinajstić information content (AvgIpc) is 2.88. The van der Waals surface area contributed by atoms with Crippen LogP contribution in [0.1, 0.15) is 18.5 Å². The summed E-state index contributed by atoms with van der Waals surface area (Å²) in [4.78, 5) is 4.35. The first-order valence-corrected chi connectivity index (χ1v) is 4.28. The van der Waals surface area contributed by atoms with Crippen molar-refractivity contribution in [2.45, 2.75) is 18.3 Å². The van der Waals surface area contributed by atoms with E-state index >= 15 is 0 Å². The van der Waals surface area contributed by atoms with Gasteiger partial charge in [0.15, 0.2) is 0 Å². The molecule has 1 heterocycles. The lowest BCUT2D eigenvalue weighted by atomic mass is 10.0. The molecule has 0 radical (unpaired) electrons. The molecule has 2 nitrogen and oxygen atoms in total. The molecule has 1 aromatic rings. The van der Waals surface area contributed by atoms with Gasteiger partial charge in [0.05, 0.1) is 6.61 Å². The summed E-state index contributed by atoms with van der Waals surface area (Å²) in [6.07, 6.45) is 4.29. The van der Waals surface area contributed by atoms with Gasteiger partial charge in [0.25, 0.3) is 0 Å². The van der Waals surface area contributed by atoms with E-state index in [1.54, 1.807) is 7.11 Å². The van der Waals surface area contributed by atoms with E-state index < -0.39 is 0 Å². The van der Waals surface area contributed by atoms with Crippen molar-refractivity contribution in [3.63, 3.8) is 0 Å². The number of pyridine rings is 1. The van der Waals surface area contributed by atoms with Crippen molar-refractivity contribution in [1.29, 1.82) is 0 Å². The first-order valence-electron chi connectivity index (χ1n) is 4.28. The predicted molar refractivity (Wildman–Crippen MR) is 47.0 cm³/mol. The zero-order valence-electron chi connectivity index (χ0n) is 7.29. The van der Waals surface area contributed by atoms with Gasteiger partial charge in [-0.05, 0) is 25.0 Å². The molecule has 12 heavy (non-hydrogen) atoms. The van der Waals surface area contributed by atoms with E-state index in [2.05, 4.69) is 11.1 Å². The normalized spacial score (nSPS) is 19.1. The lowest BCUT2D eigenvalue weighted by Gasteiger charge is -2.12. The molecule has 1 aliphatic carbocycles. The molecule has 0 aliphatic heterocycles. The van der Waals surface area contributed by atoms with Crippen LogP contribution in [0.2, 0.25) is 0 Å². The number of hydrogen-bond donors (Lipinski definition) is 0. The van der Waals surface area contributed by atoms with Crippen LogP contribution >= 0.6 is 0 Å². The van der Waals surface area contributed by atoms with Crippen LogP contribution in [0.4, 0.5) is 0 Å². The number of nitrogens with zero attached hydrogens (tertiary/aromatic N) is 1. The Hall–Kier alpha value is -0.890. The van der Waals surface area contributed by atoms with Crippen LogP contribution in [0.3, 0.4) is 0 Å². The first-order chi connectivity index (χ1) is 5.87.